The number of hydrogen-bond acceptors (Lipinski definition) is 6. The van der Waals surface area contributed by atoms with Crippen molar-refractivity contribution in [3.8, 4) is 16.9 Å². The molecule has 1 aromatic carbocycles. The van der Waals surface area contributed by atoms with Crippen molar-refractivity contribution in [2.75, 3.05) is 19.7 Å². The molecule has 1 aliphatic heterocycles. The summed E-state index contributed by atoms with van der Waals surface area (Å²) in [5.74, 6) is -0.677. The number of hydrogen-bond donors (Lipinski definition) is 3. The van der Waals surface area contributed by atoms with Gasteiger partial charge in [0.25, 0.3) is 11.8 Å². The molecule has 2 aromatic rings. The molecule has 0 aliphatic carbocycles. The topological polar surface area (TPSA) is 112 Å². The summed E-state index contributed by atoms with van der Waals surface area (Å²) in [5, 5.41) is 22.9. The van der Waals surface area contributed by atoms with E-state index < -0.39 is 30.1 Å². The molecular weight excluding hydrogens is 398 g/mol. The van der Waals surface area contributed by atoms with Crippen molar-refractivity contribution < 1.29 is 24.5 Å². The summed E-state index contributed by atoms with van der Waals surface area (Å²) in [5.41, 5.74) is 2.37. The number of pyridine rings is 1. The number of benzene rings is 1. The molecule has 1 aliphatic rings. The Balaban J connectivity index is 1.63. The van der Waals surface area contributed by atoms with Gasteiger partial charge in [-0.25, -0.2) is 0 Å². The second-order valence-electron chi connectivity index (χ2n) is 7.55. The smallest absolute Gasteiger partial charge is 0.254 e. The predicted octanol–water partition coefficient (Wildman–Crippen LogP) is 1.67. The number of aliphatic hydroxyl groups excluding tert-OH is 2. The van der Waals surface area contributed by atoms with Crippen LogP contribution in [0.15, 0.2) is 42.6 Å². The summed E-state index contributed by atoms with van der Waals surface area (Å²) in [7, 11) is 0. The van der Waals surface area contributed by atoms with Crippen LogP contribution in [0.5, 0.6) is 5.75 Å². The standard InChI is InChI=1S/C23H29N3O5/c1-3-31-19-9-5-4-8-17(19)16-10-11-18(24-14-16)15(2)25-22(29)20(27)21(28)23(30)26-12-6-7-13-26/h4-5,8-11,14-15,20-21,27-28H,3,6-7,12-13H2,1-2H3,(H,25,29)/t15?,20-,21-/m1/s1. The number of aromatic nitrogens is 1. The van der Waals surface area contributed by atoms with E-state index in [4.69, 9.17) is 4.74 Å². The summed E-state index contributed by atoms with van der Waals surface area (Å²) in [6.07, 6.45) is -0.218. The van der Waals surface area contributed by atoms with Crippen LogP contribution in [0.1, 0.15) is 38.4 Å². The Kier molecular flexibility index (Phi) is 7.59. The van der Waals surface area contributed by atoms with Crippen LogP contribution in [-0.4, -0.2) is 63.8 Å². The molecule has 1 unspecified atom stereocenters. The molecule has 8 nitrogen and oxygen atoms in total. The van der Waals surface area contributed by atoms with Crippen LogP contribution < -0.4 is 10.1 Å². The maximum absolute atomic E-state index is 12.4. The van der Waals surface area contributed by atoms with Crippen molar-refractivity contribution in [1.82, 2.24) is 15.2 Å². The normalized spacial score (nSPS) is 16.5. The molecule has 1 fully saturated rings. The Labute approximate surface area is 181 Å². The van der Waals surface area contributed by atoms with E-state index in [9.17, 15) is 19.8 Å². The van der Waals surface area contributed by atoms with Crippen LogP contribution in [0, 0.1) is 0 Å². The van der Waals surface area contributed by atoms with Gasteiger partial charge in [-0.3, -0.25) is 14.6 Å². The highest BCUT2D eigenvalue weighted by Gasteiger charge is 2.34. The van der Waals surface area contributed by atoms with Gasteiger partial charge in [0.05, 0.1) is 18.3 Å². The molecular formula is C23H29N3O5. The lowest BCUT2D eigenvalue weighted by molar-refractivity contribution is -0.152. The van der Waals surface area contributed by atoms with E-state index in [1.165, 1.54) is 4.90 Å². The number of carbonyl (C=O) groups excluding carboxylic acids is 2. The van der Waals surface area contributed by atoms with Gasteiger partial charge in [-0.2, -0.15) is 0 Å². The average Bonchev–Trinajstić information content (AvgIpc) is 3.33. The Bertz CT molecular complexity index is 896. The Morgan fingerprint density at radius 3 is 2.48 bits per heavy atom. The van der Waals surface area contributed by atoms with Crippen molar-refractivity contribution in [2.24, 2.45) is 0 Å². The van der Waals surface area contributed by atoms with Crippen molar-refractivity contribution in [2.45, 2.75) is 44.9 Å². The van der Waals surface area contributed by atoms with Crippen LogP contribution in [0.3, 0.4) is 0 Å². The number of nitrogens with zero attached hydrogens (tertiary/aromatic N) is 2. The highest BCUT2D eigenvalue weighted by molar-refractivity contribution is 5.91. The third-order valence-electron chi connectivity index (χ3n) is 5.33. The zero-order chi connectivity index (χ0) is 22.4. The predicted molar refractivity (Wildman–Crippen MR) is 115 cm³/mol. The summed E-state index contributed by atoms with van der Waals surface area (Å²) in [6, 6.07) is 10.8. The molecule has 1 aromatic heterocycles. The Hall–Kier alpha value is -2.97. The first-order chi connectivity index (χ1) is 14.9. The minimum Gasteiger partial charge on any atom is -0.493 e. The van der Waals surface area contributed by atoms with E-state index in [0.29, 0.717) is 25.4 Å². The first-order valence-corrected chi connectivity index (χ1v) is 10.6. The van der Waals surface area contributed by atoms with E-state index in [1.54, 1.807) is 19.2 Å². The lowest BCUT2D eigenvalue weighted by Gasteiger charge is -2.23. The quantitative estimate of drug-likeness (QED) is 0.591. The van der Waals surface area contributed by atoms with Crippen LogP contribution in [0.2, 0.25) is 0 Å². The number of ether oxygens (including phenoxy) is 1. The van der Waals surface area contributed by atoms with E-state index in [0.717, 1.165) is 29.7 Å². The summed E-state index contributed by atoms with van der Waals surface area (Å²) < 4.78 is 5.66. The first kappa shape index (κ1) is 22.7. The van der Waals surface area contributed by atoms with Crippen molar-refractivity contribution in [1.29, 1.82) is 0 Å². The fourth-order valence-electron chi connectivity index (χ4n) is 3.58. The number of rotatable bonds is 8. The van der Waals surface area contributed by atoms with Gasteiger partial charge in [0.1, 0.15) is 5.75 Å². The van der Waals surface area contributed by atoms with Gasteiger partial charge in [-0.15, -0.1) is 0 Å². The molecule has 0 saturated carbocycles. The number of para-hydroxylation sites is 1. The van der Waals surface area contributed by atoms with Gasteiger partial charge in [0, 0.05) is 30.4 Å². The highest BCUT2D eigenvalue weighted by atomic mass is 16.5. The number of likely N-dealkylation sites (tertiary alicyclic amines) is 1. The molecule has 2 amide bonds. The van der Waals surface area contributed by atoms with Crippen molar-refractivity contribution in [3.63, 3.8) is 0 Å². The van der Waals surface area contributed by atoms with Crippen LogP contribution in [0.25, 0.3) is 11.1 Å². The van der Waals surface area contributed by atoms with E-state index >= 15 is 0 Å². The second-order valence-corrected chi connectivity index (χ2v) is 7.55. The molecule has 3 rings (SSSR count). The van der Waals surface area contributed by atoms with E-state index in [2.05, 4.69) is 10.3 Å². The van der Waals surface area contributed by atoms with Gasteiger partial charge in [0.15, 0.2) is 12.2 Å². The summed E-state index contributed by atoms with van der Waals surface area (Å²) in [4.78, 5) is 30.4. The lowest BCUT2D eigenvalue weighted by atomic mass is 10.1. The average molecular weight is 428 g/mol. The number of nitrogens with one attached hydrogen (secondary N) is 1. The molecule has 166 valence electrons. The molecule has 3 atom stereocenters. The maximum Gasteiger partial charge on any atom is 0.254 e. The second kappa shape index (κ2) is 10.4. The number of amides is 2. The minimum atomic E-state index is -1.84. The van der Waals surface area contributed by atoms with Crippen LogP contribution >= 0.6 is 0 Å². The molecule has 8 heteroatoms. The van der Waals surface area contributed by atoms with Gasteiger partial charge < -0.3 is 25.2 Å². The fraction of sp³-hybridized carbons (Fsp3) is 0.435. The molecule has 0 radical (unpaired) electrons. The molecule has 0 spiro atoms. The highest BCUT2D eigenvalue weighted by Crippen LogP contribution is 2.29. The first-order valence-electron chi connectivity index (χ1n) is 10.6. The van der Waals surface area contributed by atoms with Gasteiger partial charge >= 0.3 is 0 Å². The molecule has 2 heterocycles. The fourth-order valence-corrected chi connectivity index (χ4v) is 3.58. The zero-order valence-corrected chi connectivity index (χ0v) is 17.8. The number of carbonyl (C=O) groups is 2. The van der Waals surface area contributed by atoms with Gasteiger partial charge in [-0.1, -0.05) is 24.3 Å². The third kappa shape index (κ3) is 5.39. The van der Waals surface area contributed by atoms with Crippen LogP contribution in [0.4, 0.5) is 0 Å². The lowest BCUT2D eigenvalue weighted by Crippen LogP contribution is -2.50. The Morgan fingerprint density at radius 2 is 1.84 bits per heavy atom. The largest absolute Gasteiger partial charge is 0.493 e. The maximum atomic E-state index is 12.4. The van der Waals surface area contributed by atoms with Gasteiger partial charge in [0.2, 0.25) is 0 Å². The summed E-state index contributed by atoms with van der Waals surface area (Å²) in [6.45, 7) is 5.26. The van der Waals surface area contributed by atoms with Crippen molar-refractivity contribution >= 4 is 11.8 Å². The SMILES string of the molecule is CCOc1ccccc1-c1ccc(C(C)NC(=O)[C@H](O)[C@@H](O)C(=O)N2CCCC2)nc1. The van der Waals surface area contributed by atoms with Crippen LogP contribution in [-0.2, 0) is 9.59 Å². The van der Waals surface area contributed by atoms with Gasteiger partial charge in [-0.05, 0) is 38.8 Å². The van der Waals surface area contributed by atoms with E-state index in [1.807, 2.05) is 37.3 Å². The molecule has 3 N–H and O–H groups in total. The Morgan fingerprint density at radius 1 is 1.13 bits per heavy atom. The minimum absolute atomic E-state index is 0.521. The molecule has 31 heavy (non-hydrogen) atoms. The third-order valence-corrected chi connectivity index (χ3v) is 5.33. The molecule has 1 saturated heterocycles. The van der Waals surface area contributed by atoms with Crippen molar-refractivity contribution in [3.05, 3.63) is 48.3 Å². The van der Waals surface area contributed by atoms with E-state index in [-0.39, 0.29) is 0 Å². The number of aliphatic hydroxyl groups is 2. The monoisotopic (exact) mass is 427 g/mol. The zero-order valence-electron chi connectivity index (χ0n) is 17.8. The summed E-state index contributed by atoms with van der Waals surface area (Å²) >= 11 is 0. The molecule has 0 bridgehead atoms.